The molecule has 1 aromatic rings. The number of rotatable bonds is 4. The van der Waals surface area contributed by atoms with Gasteiger partial charge in [0.2, 0.25) is 5.91 Å². The number of alkyl halides is 3. The maximum absolute atomic E-state index is 13.7. The second-order valence-electron chi connectivity index (χ2n) is 11.1. The minimum Gasteiger partial charge on any atom is -0.446 e. The molecule has 10 heteroatoms. The Hall–Kier alpha value is -2.52. The normalized spacial score (nSPS) is 23.5. The summed E-state index contributed by atoms with van der Waals surface area (Å²) in [6.07, 6.45) is -3.53. The van der Waals surface area contributed by atoms with E-state index in [2.05, 4.69) is 10.3 Å². The van der Waals surface area contributed by atoms with Crippen LogP contribution in [0.25, 0.3) is 0 Å². The van der Waals surface area contributed by atoms with Crippen LogP contribution in [0, 0.1) is 18.3 Å². The van der Waals surface area contributed by atoms with Crippen molar-refractivity contribution < 1.29 is 27.5 Å². The molecule has 7 nitrogen and oxygen atoms in total. The molecule has 1 N–H and O–H groups in total. The topological polar surface area (TPSA) is 74.8 Å². The van der Waals surface area contributed by atoms with Crippen LogP contribution in [-0.4, -0.2) is 59.7 Å². The zero-order valence-electron chi connectivity index (χ0n) is 21.5. The molecule has 2 atom stereocenters. The van der Waals surface area contributed by atoms with Crippen LogP contribution in [0.5, 0.6) is 0 Å². The lowest BCUT2D eigenvalue weighted by molar-refractivity contribution is -0.145. The summed E-state index contributed by atoms with van der Waals surface area (Å²) in [7, 11) is 0. The third-order valence-corrected chi connectivity index (χ3v) is 6.94. The summed E-state index contributed by atoms with van der Waals surface area (Å²) in [6, 6.07) is 2.11. The molecular weight excluding hydrogens is 461 g/mol. The van der Waals surface area contributed by atoms with Gasteiger partial charge in [0.15, 0.2) is 0 Å². The van der Waals surface area contributed by atoms with Crippen LogP contribution in [0.15, 0.2) is 12.1 Å². The first-order valence-corrected chi connectivity index (χ1v) is 12.2. The van der Waals surface area contributed by atoms with Gasteiger partial charge in [-0.1, -0.05) is 13.8 Å². The van der Waals surface area contributed by atoms with Gasteiger partial charge in [-0.3, -0.25) is 4.79 Å². The standard InChI is InChI=1S/C25H37F3N4O3/c1-16(2)24(8-7-19(15-24)35-22(34)30-23(4,5)6)21(33)32-11-9-31(10-12-32)20-14-18(25(26,27)28)13-17(3)29-20/h13-14,16,19H,7-12,15H2,1-6H3,(H,30,34)/t19-,24+/m1/s1. The van der Waals surface area contributed by atoms with Crippen molar-refractivity contribution in [1.29, 1.82) is 0 Å². The van der Waals surface area contributed by atoms with Crippen LogP contribution < -0.4 is 10.2 Å². The van der Waals surface area contributed by atoms with Crippen molar-refractivity contribution in [2.24, 2.45) is 11.3 Å². The number of anilines is 1. The Labute approximate surface area is 205 Å². The van der Waals surface area contributed by atoms with Crippen molar-refractivity contribution in [1.82, 2.24) is 15.2 Å². The van der Waals surface area contributed by atoms with E-state index in [-0.39, 0.29) is 23.7 Å². The quantitative estimate of drug-likeness (QED) is 0.647. The molecule has 2 aliphatic rings. The molecule has 0 radical (unpaired) electrons. The number of ether oxygens (including phenoxy) is 1. The van der Waals surface area contributed by atoms with Gasteiger partial charge in [0.05, 0.1) is 11.0 Å². The minimum absolute atomic E-state index is 0.0302. The highest BCUT2D eigenvalue weighted by Crippen LogP contribution is 2.47. The second kappa shape index (κ2) is 9.85. The fraction of sp³-hybridized carbons (Fsp3) is 0.720. The number of carbonyl (C=O) groups excluding carboxylic acids is 2. The Balaban J connectivity index is 1.66. The highest BCUT2D eigenvalue weighted by atomic mass is 19.4. The van der Waals surface area contributed by atoms with Gasteiger partial charge >= 0.3 is 12.3 Å². The lowest BCUT2D eigenvalue weighted by atomic mass is 9.74. The third-order valence-electron chi connectivity index (χ3n) is 6.94. The zero-order valence-corrected chi connectivity index (χ0v) is 21.5. The first-order chi connectivity index (χ1) is 16.1. The van der Waals surface area contributed by atoms with Gasteiger partial charge in [0.25, 0.3) is 0 Å². The average molecular weight is 499 g/mol. The molecule has 2 heterocycles. The number of carbonyl (C=O) groups is 2. The Kier molecular flexibility index (Phi) is 7.62. The molecule has 35 heavy (non-hydrogen) atoms. The zero-order chi connectivity index (χ0) is 26.2. The Morgan fingerprint density at radius 2 is 1.77 bits per heavy atom. The molecule has 0 unspecified atom stereocenters. The number of halogens is 3. The number of aryl methyl sites for hydroxylation is 1. The predicted molar refractivity (Wildman–Crippen MR) is 127 cm³/mol. The second-order valence-corrected chi connectivity index (χ2v) is 11.1. The monoisotopic (exact) mass is 498 g/mol. The van der Waals surface area contributed by atoms with Crippen LogP contribution in [0.1, 0.15) is 65.1 Å². The van der Waals surface area contributed by atoms with Gasteiger partial charge in [-0.15, -0.1) is 0 Å². The van der Waals surface area contributed by atoms with Gasteiger partial charge in [-0.05, 0) is 65.0 Å². The summed E-state index contributed by atoms with van der Waals surface area (Å²) in [5, 5.41) is 2.79. The van der Waals surface area contributed by atoms with Crippen molar-refractivity contribution in [3.8, 4) is 0 Å². The smallest absolute Gasteiger partial charge is 0.416 e. The SMILES string of the molecule is Cc1cc(C(F)(F)F)cc(N2CCN(C(=O)[C@@]3(C(C)C)CC[C@@H](OC(=O)NC(C)(C)C)C3)CC2)n1. The first kappa shape index (κ1) is 27.1. The van der Waals surface area contributed by atoms with Crippen molar-refractivity contribution in [3.05, 3.63) is 23.4 Å². The van der Waals surface area contributed by atoms with E-state index in [0.717, 1.165) is 12.1 Å². The third kappa shape index (κ3) is 6.38. The summed E-state index contributed by atoms with van der Waals surface area (Å²) in [4.78, 5) is 33.8. The summed E-state index contributed by atoms with van der Waals surface area (Å²) in [6.45, 7) is 12.8. The molecule has 1 saturated heterocycles. The Morgan fingerprint density at radius 3 is 2.31 bits per heavy atom. The molecule has 1 saturated carbocycles. The van der Waals surface area contributed by atoms with E-state index in [0.29, 0.717) is 51.1 Å². The summed E-state index contributed by atoms with van der Waals surface area (Å²) >= 11 is 0. The van der Waals surface area contributed by atoms with Crippen molar-refractivity contribution in [2.45, 2.75) is 78.6 Å². The number of nitrogens with one attached hydrogen (secondary N) is 1. The first-order valence-electron chi connectivity index (χ1n) is 12.2. The van der Waals surface area contributed by atoms with E-state index >= 15 is 0 Å². The number of nitrogens with zero attached hydrogens (tertiary/aromatic N) is 3. The van der Waals surface area contributed by atoms with E-state index in [1.165, 1.54) is 0 Å². The van der Waals surface area contributed by atoms with Crippen LogP contribution >= 0.6 is 0 Å². The number of hydrogen-bond acceptors (Lipinski definition) is 5. The lowest BCUT2D eigenvalue weighted by Crippen LogP contribution is -2.54. The minimum atomic E-state index is -4.44. The molecule has 2 amide bonds. The molecule has 0 aromatic carbocycles. The van der Waals surface area contributed by atoms with Crippen molar-refractivity contribution >= 4 is 17.8 Å². The van der Waals surface area contributed by atoms with Crippen molar-refractivity contribution in [3.63, 3.8) is 0 Å². The number of hydrogen-bond donors (Lipinski definition) is 1. The maximum atomic E-state index is 13.7. The highest BCUT2D eigenvalue weighted by Gasteiger charge is 2.50. The predicted octanol–water partition coefficient (Wildman–Crippen LogP) is 4.78. The molecule has 1 aliphatic heterocycles. The lowest BCUT2D eigenvalue weighted by Gasteiger charge is -2.42. The molecule has 3 rings (SSSR count). The fourth-order valence-electron chi connectivity index (χ4n) is 5.01. The van der Waals surface area contributed by atoms with E-state index in [1.807, 2.05) is 34.6 Å². The number of alkyl carbamates (subject to hydrolysis) is 1. The van der Waals surface area contributed by atoms with Crippen LogP contribution in [0.3, 0.4) is 0 Å². The number of aromatic nitrogens is 1. The average Bonchev–Trinajstić information content (AvgIpc) is 3.16. The van der Waals surface area contributed by atoms with Crippen LogP contribution in [0.4, 0.5) is 23.8 Å². The summed E-state index contributed by atoms with van der Waals surface area (Å²) in [5.74, 6) is 0.366. The van der Waals surface area contributed by atoms with E-state index in [9.17, 15) is 22.8 Å². The number of amides is 2. The maximum Gasteiger partial charge on any atom is 0.416 e. The van der Waals surface area contributed by atoms with E-state index in [1.54, 1.807) is 16.7 Å². The molecule has 1 aliphatic carbocycles. The number of piperazine rings is 1. The molecule has 196 valence electrons. The van der Waals surface area contributed by atoms with Gasteiger partial charge in [0.1, 0.15) is 11.9 Å². The van der Waals surface area contributed by atoms with Gasteiger partial charge in [-0.2, -0.15) is 13.2 Å². The number of pyridine rings is 1. The summed E-state index contributed by atoms with van der Waals surface area (Å²) < 4.78 is 45.3. The van der Waals surface area contributed by atoms with E-state index in [4.69, 9.17) is 4.74 Å². The van der Waals surface area contributed by atoms with Gasteiger partial charge in [0, 0.05) is 37.4 Å². The Morgan fingerprint density at radius 1 is 1.14 bits per heavy atom. The fourth-order valence-corrected chi connectivity index (χ4v) is 5.01. The molecule has 0 bridgehead atoms. The van der Waals surface area contributed by atoms with Gasteiger partial charge in [-0.25, -0.2) is 9.78 Å². The van der Waals surface area contributed by atoms with Crippen molar-refractivity contribution in [2.75, 3.05) is 31.1 Å². The van der Waals surface area contributed by atoms with Crippen LogP contribution in [-0.2, 0) is 15.7 Å². The Bertz CT molecular complexity index is 937. The molecular formula is C25H37F3N4O3. The van der Waals surface area contributed by atoms with E-state index < -0.39 is 28.8 Å². The largest absolute Gasteiger partial charge is 0.446 e. The molecule has 2 fully saturated rings. The molecule has 1 aromatic heterocycles. The molecule has 0 spiro atoms. The van der Waals surface area contributed by atoms with Gasteiger partial charge < -0.3 is 19.9 Å². The summed E-state index contributed by atoms with van der Waals surface area (Å²) in [5.41, 5.74) is -1.45. The van der Waals surface area contributed by atoms with Crippen LogP contribution in [0.2, 0.25) is 0 Å². The highest BCUT2D eigenvalue weighted by molar-refractivity contribution is 5.84.